The zero-order valence-corrected chi connectivity index (χ0v) is 24.1. The second kappa shape index (κ2) is 9.96. The minimum absolute atomic E-state index is 0.0786. The predicted molar refractivity (Wildman–Crippen MR) is 163 cm³/mol. The Morgan fingerprint density at radius 1 is 0.692 bits per heavy atom. The van der Waals surface area contributed by atoms with Crippen LogP contribution in [-0.2, 0) is 10.8 Å². The quantitative estimate of drug-likeness (QED) is 0.244. The molecule has 1 unspecified atom stereocenters. The Labute approximate surface area is 232 Å². The van der Waals surface area contributed by atoms with Gasteiger partial charge in [-0.3, -0.25) is 0 Å². The maximum Gasteiger partial charge on any atom is 0.123 e. The van der Waals surface area contributed by atoms with Gasteiger partial charge in [0.25, 0.3) is 0 Å². The Morgan fingerprint density at radius 2 is 1.26 bits per heavy atom. The van der Waals surface area contributed by atoms with Gasteiger partial charge < -0.3 is 14.8 Å². The summed E-state index contributed by atoms with van der Waals surface area (Å²) in [6.07, 6.45) is 0. The summed E-state index contributed by atoms with van der Waals surface area (Å²) in [5.41, 5.74) is 8.39. The highest BCUT2D eigenvalue weighted by atomic mass is 16.5. The molecule has 0 amide bonds. The van der Waals surface area contributed by atoms with Gasteiger partial charge in [0.15, 0.2) is 0 Å². The number of H-pyrrole nitrogens is 1. The number of ether oxygens (including phenoxy) is 1. The number of phenolic OH excluding ortho intramolecular Hbond substituents is 1. The molecular weight excluding hydrogens is 478 g/mol. The summed E-state index contributed by atoms with van der Waals surface area (Å²) in [5.74, 6) is 1.15. The number of aromatic hydroxyl groups is 1. The summed E-state index contributed by atoms with van der Waals surface area (Å²) in [6.45, 7) is 13.0. The molecule has 200 valence electrons. The molecule has 0 radical (unpaired) electrons. The minimum Gasteiger partial charge on any atom is -0.507 e. The molecule has 2 N–H and O–H groups in total. The molecule has 0 spiro atoms. The van der Waals surface area contributed by atoms with E-state index >= 15 is 0 Å². The zero-order valence-electron chi connectivity index (χ0n) is 24.1. The van der Waals surface area contributed by atoms with Crippen LogP contribution in [0.1, 0.15) is 75.3 Å². The topological polar surface area (TPSA) is 45.2 Å². The first-order valence-corrected chi connectivity index (χ1v) is 13.7. The number of fused-ring (bicyclic) bond motifs is 1. The lowest BCUT2D eigenvalue weighted by Crippen LogP contribution is -2.19. The van der Waals surface area contributed by atoms with E-state index in [2.05, 4.69) is 125 Å². The number of hydrogen-bond acceptors (Lipinski definition) is 2. The van der Waals surface area contributed by atoms with Gasteiger partial charge in [0, 0.05) is 16.8 Å². The molecule has 0 fully saturated rings. The van der Waals surface area contributed by atoms with E-state index in [1.807, 2.05) is 12.1 Å². The normalized spacial score (nSPS) is 13.0. The first-order valence-electron chi connectivity index (χ1n) is 13.7. The summed E-state index contributed by atoms with van der Waals surface area (Å²) >= 11 is 0. The summed E-state index contributed by atoms with van der Waals surface area (Å²) in [7, 11) is 1.70. The van der Waals surface area contributed by atoms with Gasteiger partial charge in [-0.05, 0) is 62.4 Å². The van der Waals surface area contributed by atoms with Gasteiger partial charge >= 0.3 is 0 Å². The number of phenols is 1. The van der Waals surface area contributed by atoms with Gasteiger partial charge in [0.2, 0.25) is 0 Å². The molecule has 1 heterocycles. The molecule has 4 aromatic carbocycles. The van der Waals surface area contributed by atoms with Gasteiger partial charge in [-0.15, -0.1) is 0 Å². The van der Waals surface area contributed by atoms with Crippen molar-refractivity contribution in [3.63, 3.8) is 0 Å². The van der Waals surface area contributed by atoms with Crippen molar-refractivity contribution in [2.45, 2.75) is 58.3 Å². The molecule has 0 aliphatic heterocycles. The van der Waals surface area contributed by atoms with Crippen LogP contribution in [0.15, 0.2) is 91.0 Å². The van der Waals surface area contributed by atoms with Crippen LogP contribution in [0.4, 0.5) is 0 Å². The largest absolute Gasteiger partial charge is 0.507 e. The molecule has 0 bridgehead atoms. The number of hydrogen-bond donors (Lipinski definition) is 2. The lowest BCUT2D eigenvalue weighted by molar-refractivity contribution is 0.414. The summed E-state index contributed by atoms with van der Waals surface area (Å²) < 4.78 is 5.51. The predicted octanol–water partition coefficient (Wildman–Crippen LogP) is 9.32. The van der Waals surface area contributed by atoms with Gasteiger partial charge in [-0.1, -0.05) is 114 Å². The highest BCUT2D eigenvalue weighted by Gasteiger charge is 2.31. The van der Waals surface area contributed by atoms with Gasteiger partial charge in [0.1, 0.15) is 11.5 Å². The molecule has 1 aromatic heterocycles. The molecule has 0 aliphatic rings. The van der Waals surface area contributed by atoms with Gasteiger partial charge in [0.05, 0.1) is 12.8 Å². The third-order valence-corrected chi connectivity index (χ3v) is 7.63. The van der Waals surface area contributed by atoms with Crippen molar-refractivity contribution >= 4 is 10.9 Å². The summed E-state index contributed by atoms with van der Waals surface area (Å²) in [5, 5.41) is 12.7. The fourth-order valence-electron chi connectivity index (χ4n) is 5.59. The minimum atomic E-state index is -0.229. The van der Waals surface area contributed by atoms with Crippen molar-refractivity contribution in [3.05, 3.63) is 119 Å². The Bertz CT molecular complexity index is 1560. The standard InChI is InChI=1S/C36H39NO2/c1-35(2,3)28-21-25(22-29(34(28)38)36(4,5)6)31(23-17-19-26(39-7)20-18-23)32-27-15-11-12-16-30(27)37-33(32)24-13-9-8-10-14-24/h8-22,31,37-38H,1-7H3. The molecule has 5 rings (SSSR count). The molecule has 0 aliphatic carbocycles. The second-order valence-corrected chi connectivity index (χ2v) is 12.5. The molecule has 39 heavy (non-hydrogen) atoms. The molecule has 0 saturated carbocycles. The van der Waals surface area contributed by atoms with Crippen molar-refractivity contribution < 1.29 is 9.84 Å². The van der Waals surface area contributed by atoms with E-state index in [-0.39, 0.29) is 16.7 Å². The number of benzene rings is 4. The van der Waals surface area contributed by atoms with Crippen LogP contribution in [0, 0.1) is 0 Å². The van der Waals surface area contributed by atoms with E-state index in [9.17, 15) is 5.11 Å². The number of nitrogens with one attached hydrogen (secondary N) is 1. The lowest BCUT2D eigenvalue weighted by atomic mass is 9.74. The summed E-state index contributed by atoms with van der Waals surface area (Å²) in [4.78, 5) is 3.75. The van der Waals surface area contributed by atoms with Crippen LogP contribution >= 0.6 is 0 Å². The van der Waals surface area contributed by atoms with Gasteiger partial charge in [-0.2, -0.15) is 0 Å². The van der Waals surface area contributed by atoms with E-state index in [1.165, 1.54) is 16.5 Å². The van der Waals surface area contributed by atoms with Crippen molar-refractivity contribution in [2.75, 3.05) is 7.11 Å². The highest BCUT2D eigenvalue weighted by molar-refractivity contribution is 5.92. The molecule has 3 nitrogen and oxygen atoms in total. The first-order chi connectivity index (χ1) is 18.5. The fraction of sp³-hybridized carbons (Fsp3) is 0.278. The molecule has 3 heteroatoms. The second-order valence-electron chi connectivity index (χ2n) is 12.5. The maximum atomic E-state index is 11.5. The number of aromatic amines is 1. The van der Waals surface area contributed by atoms with Crippen LogP contribution in [0.3, 0.4) is 0 Å². The SMILES string of the molecule is COc1ccc(C(c2cc(C(C)(C)C)c(O)c(C(C)(C)C)c2)c2c(-c3ccccc3)[nH]c3ccccc23)cc1. The molecule has 0 saturated heterocycles. The monoisotopic (exact) mass is 517 g/mol. The highest BCUT2D eigenvalue weighted by Crippen LogP contribution is 2.47. The van der Waals surface area contributed by atoms with Crippen molar-refractivity contribution in [1.82, 2.24) is 4.98 Å². The first kappa shape index (κ1) is 26.6. The number of para-hydroxylation sites is 1. The Morgan fingerprint density at radius 3 is 1.82 bits per heavy atom. The average molecular weight is 518 g/mol. The third kappa shape index (κ3) is 5.06. The smallest absolute Gasteiger partial charge is 0.123 e. The van der Waals surface area contributed by atoms with E-state index < -0.39 is 0 Å². The average Bonchev–Trinajstić information content (AvgIpc) is 3.28. The summed E-state index contributed by atoms with van der Waals surface area (Å²) in [6, 6.07) is 31.9. The molecular formula is C36H39NO2. The van der Waals surface area contributed by atoms with Crippen molar-refractivity contribution in [1.29, 1.82) is 0 Å². The van der Waals surface area contributed by atoms with Crippen LogP contribution in [0.5, 0.6) is 11.5 Å². The molecule has 1 atom stereocenters. The van der Waals surface area contributed by atoms with Crippen LogP contribution in [0.2, 0.25) is 0 Å². The Hall–Kier alpha value is -3.98. The van der Waals surface area contributed by atoms with Crippen molar-refractivity contribution in [2.24, 2.45) is 0 Å². The van der Waals surface area contributed by atoms with Gasteiger partial charge in [-0.25, -0.2) is 0 Å². The van der Waals surface area contributed by atoms with Crippen molar-refractivity contribution in [3.8, 4) is 22.8 Å². The number of methoxy groups -OCH3 is 1. The van der Waals surface area contributed by atoms with E-state index in [0.717, 1.165) is 39.2 Å². The van der Waals surface area contributed by atoms with Crippen LogP contribution < -0.4 is 4.74 Å². The Kier molecular flexibility index (Phi) is 6.80. The zero-order chi connectivity index (χ0) is 27.9. The van der Waals surface area contributed by atoms with E-state index in [4.69, 9.17) is 4.74 Å². The van der Waals surface area contributed by atoms with Crippen LogP contribution in [-0.4, -0.2) is 17.2 Å². The van der Waals surface area contributed by atoms with E-state index in [1.54, 1.807) is 7.11 Å². The van der Waals surface area contributed by atoms with Crippen LogP contribution in [0.25, 0.3) is 22.2 Å². The number of rotatable bonds is 5. The maximum absolute atomic E-state index is 11.5. The van der Waals surface area contributed by atoms with E-state index in [0.29, 0.717) is 5.75 Å². The number of aromatic nitrogens is 1. The molecule has 5 aromatic rings. The third-order valence-electron chi connectivity index (χ3n) is 7.63. The fourth-order valence-corrected chi connectivity index (χ4v) is 5.59. The Balaban J connectivity index is 1.90. The lowest BCUT2D eigenvalue weighted by Gasteiger charge is -2.30.